The van der Waals surface area contributed by atoms with E-state index in [4.69, 9.17) is 4.99 Å². The Labute approximate surface area is 214 Å². The second-order valence-electron chi connectivity index (χ2n) is 10.1. The molecule has 0 bridgehead atoms. The molecule has 0 aliphatic carbocycles. The van der Waals surface area contributed by atoms with Crippen LogP contribution in [0.2, 0.25) is 0 Å². The van der Waals surface area contributed by atoms with Gasteiger partial charge in [-0.15, -0.1) is 11.3 Å². The predicted molar refractivity (Wildman–Crippen MR) is 145 cm³/mol. The van der Waals surface area contributed by atoms with Crippen molar-refractivity contribution in [3.63, 3.8) is 0 Å². The second-order valence-corrected chi connectivity index (χ2v) is 11.1. The number of hydrogen-bond donors (Lipinski definition) is 2. The smallest absolute Gasteiger partial charge is 0.259 e. The summed E-state index contributed by atoms with van der Waals surface area (Å²) in [5.74, 6) is 0.114. The van der Waals surface area contributed by atoms with E-state index in [0.29, 0.717) is 18.5 Å². The van der Waals surface area contributed by atoms with Crippen molar-refractivity contribution in [2.75, 3.05) is 31.5 Å². The van der Waals surface area contributed by atoms with Crippen LogP contribution in [-0.2, 0) is 19.4 Å². The monoisotopic (exact) mass is 501 g/mol. The number of likely N-dealkylation sites (tertiary alicyclic amines) is 1. The second kappa shape index (κ2) is 9.67. The van der Waals surface area contributed by atoms with Gasteiger partial charge in [-0.3, -0.25) is 14.6 Å². The molecular weight excluding hydrogens is 470 g/mol. The number of rotatable bonds is 8. The minimum Gasteiger partial charge on any atom is -0.381 e. The van der Waals surface area contributed by atoms with Gasteiger partial charge in [0.05, 0.1) is 22.6 Å². The number of thiophene rings is 1. The molecule has 5 heterocycles. The summed E-state index contributed by atoms with van der Waals surface area (Å²) in [6, 6.07) is 10.3. The Balaban J connectivity index is 1.20. The molecule has 186 valence electrons. The standard InChI is InChI=1S/C28H31N5O2S/c1-18(13-21-5-4-12-36-21)30-23-6-7-29-27(34)26(23)25-15-19-14-22-20(16-24(19)31-25)17-33(28(22)35)11-10-32-8-2-3-9-32/h4-7,12,14,16,18H,2-3,8-11,13,15,17H2,1H3,(H2,29,30,34)/t18-/m0/s1. The first kappa shape index (κ1) is 23.2. The number of aromatic nitrogens is 1. The van der Waals surface area contributed by atoms with Crippen LogP contribution in [0, 0.1) is 0 Å². The normalized spacial score (nSPS) is 17.9. The lowest BCUT2D eigenvalue weighted by atomic mass is 10.00. The first-order valence-electron chi connectivity index (χ1n) is 12.8. The van der Waals surface area contributed by atoms with E-state index in [0.717, 1.165) is 66.4 Å². The van der Waals surface area contributed by atoms with E-state index in [1.807, 2.05) is 17.0 Å². The van der Waals surface area contributed by atoms with E-state index >= 15 is 0 Å². The van der Waals surface area contributed by atoms with Gasteiger partial charge in [0.1, 0.15) is 0 Å². The highest BCUT2D eigenvalue weighted by molar-refractivity contribution is 7.09. The Morgan fingerprint density at radius 2 is 2.00 bits per heavy atom. The minimum atomic E-state index is -0.147. The zero-order chi connectivity index (χ0) is 24.6. The summed E-state index contributed by atoms with van der Waals surface area (Å²) < 4.78 is 0. The topological polar surface area (TPSA) is 80.8 Å². The number of benzene rings is 1. The quantitative estimate of drug-likeness (QED) is 0.485. The summed E-state index contributed by atoms with van der Waals surface area (Å²) >= 11 is 1.74. The summed E-state index contributed by atoms with van der Waals surface area (Å²) in [4.78, 5) is 39.4. The third-order valence-electron chi connectivity index (χ3n) is 7.42. The molecule has 3 aromatic rings. The Morgan fingerprint density at radius 1 is 1.14 bits per heavy atom. The van der Waals surface area contributed by atoms with Crippen molar-refractivity contribution in [3.8, 4) is 0 Å². The first-order valence-corrected chi connectivity index (χ1v) is 13.7. The molecule has 3 aliphatic heterocycles. The fourth-order valence-electron chi connectivity index (χ4n) is 5.59. The predicted octanol–water partition coefficient (Wildman–Crippen LogP) is 4.21. The van der Waals surface area contributed by atoms with Crippen molar-refractivity contribution in [1.82, 2.24) is 14.8 Å². The van der Waals surface area contributed by atoms with Gasteiger partial charge in [-0.25, -0.2) is 0 Å². The lowest BCUT2D eigenvalue weighted by Gasteiger charge is -2.20. The highest BCUT2D eigenvalue weighted by Gasteiger charge is 2.31. The van der Waals surface area contributed by atoms with Gasteiger partial charge in [-0.2, -0.15) is 0 Å². The zero-order valence-electron chi connectivity index (χ0n) is 20.5. The number of aliphatic imine (C=N–C) groups is 1. The summed E-state index contributed by atoms with van der Waals surface area (Å²) in [5.41, 5.74) is 5.70. The molecule has 2 aromatic heterocycles. The molecular formula is C28H31N5O2S. The summed E-state index contributed by atoms with van der Waals surface area (Å²) in [5, 5.41) is 5.61. The average Bonchev–Trinajstić information content (AvgIpc) is 3.65. The van der Waals surface area contributed by atoms with Crippen LogP contribution in [-0.4, -0.2) is 58.6 Å². The van der Waals surface area contributed by atoms with E-state index in [1.165, 1.54) is 17.7 Å². The average molecular weight is 502 g/mol. The van der Waals surface area contributed by atoms with Gasteiger partial charge in [-0.1, -0.05) is 6.07 Å². The van der Waals surface area contributed by atoms with Crippen molar-refractivity contribution in [2.45, 2.75) is 45.2 Å². The number of aromatic amines is 1. The molecule has 1 atom stereocenters. The molecule has 8 heteroatoms. The molecule has 1 saturated heterocycles. The molecule has 0 spiro atoms. The molecule has 6 rings (SSSR count). The summed E-state index contributed by atoms with van der Waals surface area (Å²) in [6.07, 6.45) is 5.63. The van der Waals surface area contributed by atoms with E-state index in [-0.39, 0.29) is 17.5 Å². The van der Waals surface area contributed by atoms with Crippen LogP contribution in [0.5, 0.6) is 0 Å². The SMILES string of the molecule is C[C@@H](Cc1cccs1)Nc1cc[nH]c(=O)c1C1=Nc2cc3c(cc2C1)C(=O)N(CCN1CCCC1)C3. The van der Waals surface area contributed by atoms with Crippen LogP contribution in [0.4, 0.5) is 11.4 Å². The van der Waals surface area contributed by atoms with Crippen molar-refractivity contribution in [2.24, 2.45) is 4.99 Å². The number of fused-ring (bicyclic) bond motifs is 2. The molecule has 1 aromatic carbocycles. The molecule has 36 heavy (non-hydrogen) atoms. The van der Waals surface area contributed by atoms with Crippen molar-refractivity contribution < 1.29 is 4.79 Å². The van der Waals surface area contributed by atoms with Gasteiger partial charge in [0.25, 0.3) is 11.5 Å². The fourth-order valence-corrected chi connectivity index (χ4v) is 6.43. The molecule has 1 amide bonds. The van der Waals surface area contributed by atoms with Crippen molar-refractivity contribution in [1.29, 1.82) is 0 Å². The van der Waals surface area contributed by atoms with Gasteiger partial charge < -0.3 is 20.1 Å². The number of carbonyl (C=O) groups excluding carboxylic acids is 1. The fraction of sp³-hybridized carbons (Fsp3) is 0.393. The van der Waals surface area contributed by atoms with E-state index in [2.05, 4.69) is 45.7 Å². The lowest BCUT2D eigenvalue weighted by molar-refractivity contribution is 0.0763. The van der Waals surface area contributed by atoms with E-state index in [1.54, 1.807) is 17.5 Å². The maximum atomic E-state index is 13.1. The number of anilines is 1. The molecule has 7 nitrogen and oxygen atoms in total. The Bertz CT molecular complexity index is 1370. The number of nitrogens with one attached hydrogen (secondary N) is 2. The largest absolute Gasteiger partial charge is 0.381 e. The van der Waals surface area contributed by atoms with Crippen LogP contribution in [0.15, 0.2) is 51.7 Å². The highest BCUT2D eigenvalue weighted by Crippen LogP contribution is 2.36. The Kier molecular flexibility index (Phi) is 6.23. The molecule has 0 radical (unpaired) electrons. The first-order chi connectivity index (χ1) is 17.5. The molecule has 0 unspecified atom stereocenters. The van der Waals surface area contributed by atoms with Crippen LogP contribution < -0.4 is 10.9 Å². The molecule has 0 saturated carbocycles. The van der Waals surface area contributed by atoms with Gasteiger partial charge >= 0.3 is 0 Å². The third kappa shape index (κ3) is 4.51. The van der Waals surface area contributed by atoms with Crippen molar-refractivity contribution in [3.05, 3.63) is 79.4 Å². The van der Waals surface area contributed by atoms with Crippen LogP contribution in [0.1, 0.15) is 51.7 Å². The maximum absolute atomic E-state index is 13.1. The molecule has 1 fully saturated rings. The Morgan fingerprint density at radius 3 is 2.81 bits per heavy atom. The zero-order valence-corrected chi connectivity index (χ0v) is 21.4. The van der Waals surface area contributed by atoms with Crippen LogP contribution in [0.3, 0.4) is 0 Å². The van der Waals surface area contributed by atoms with Gasteiger partial charge in [-0.05, 0) is 73.6 Å². The van der Waals surface area contributed by atoms with Gasteiger partial charge in [0.15, 0.2) is 0 Å². The lowest BCUT2D eigenvalue weighted by Crippen LogP contribution is -2.33. The summed E-state index contributed by atoms with van der Waals surface area (Å²) in [6.45, 7) is 6.76. The molecule has 2 N–H and O–H groups in total. The number of hydrogen-bond acceptors (Lipinski definition) is 6. The molecule has 3 aliphatic rings. The van der Waals surface area contributed by atoms with Gasteiger partial charge in [0, 0.05) is 55.2 Å². The minimum absolute atomic E-state index is 0.114. The third-order valence-corrected chi connectivity index (χ3v) is 8.32. The van der Waals surface area contributed by atoms with Gasteiger partial charge in [0.2, 0.25) is 0 Å². The van der Waals surface area contributed by atoms with Crippen LogP contribution >= 0.6 is 11.3 Å². The number of pyridine rings is 1. The van der Waals surface area contributed by atoms with Crippen molar-refractivity contribution >= 4 is 34.3 Å². The van der Waals surface area contributed by atoms with Crippen LogP contribution in [0.25, 0.3) is 0 Å². The highest BCUT2D eigenvalue weighted by atomic mass is 32.1. The maximum Gasteiger partial charge on any atom is 0.259 e. The number of amides is 1. The number of nitrogens with zero attached hydrogens (tertiary/aromatic N) is 3. The van der Waals surface area contributed by atoms with E-state index < -0.39 is 0 Å². The number of carbonyl (C=O) groups is 1. The Hall–Kier alpha value is -3.23. The summed E-state index contributed by atoms with van der Waals surface area (Å²) in [7, 11) is 0. The van der Waals surface area contributed by atoms with E-state index in [9.17, 15) is 9.59 Å². The number of H-pyrrole nitrogens is 1.